The second kappa shape index (κ2) is 9.08. The van der Waals surface area contributed by atoms with Gasteiger partial charge < -0.3 is 10.2 Å². The Hall–Kier alpha value is -1.90. The number of likely N-dealkylation sites (tertiary alicyclic amines) is 1. The summed E-state index contributed by atoms with van der Waals surface area (Å²) in [6, 6.07) is 11.9. The molecule has 2 nitrogen and oxygen atoms in total. The molecule has 2 fully saturated rings. The van der Waals surface area contributed by atoms with E-state index in [1.165, 1.54) is 32.1 Å². The summed E-state index contributed by atoms with van der Waals surface area (Å²) >= 11 is 13.1. The number of piperidine rings is 1. The second-order valence-electron chi connectivity index (χ2n) is 8.72. The van der Waals surface area contributed by atoms with E-state index >= 15 is 0 Å². The molecular formula is C26H30Cl2N2. The minimum atomic E-state index is 0.690. The molecule has 2 unspecified atom stereocenters. The number of benzene rings is 2. The molecule has 4 rings (SSSR count). The Bertz CT molecular complexity index is 945. The van der Waals surface area contributed by atoms with Gasteiger partial charge in [-0.05, 0) is 61.4 Å². The van der Waals surface area contributed by atoms with Crippen molar-refractivity contribution in [3.8, 4) is 0 Å². The van der Waals surface area contributed by atoms with E-state index in [4.69, 9.17) is 23.2 Å². The Morgan fingerprint density at radius 2 is 1.77 bits per heavy atom. The van der Waals surface area contributed by atoms with E-state index in [1.54, 1.807) is 0 Å². The van der Waals surface area contributed by atoms with Gasteiger partial charge in [-0.15, -0.1) is 0 Å². The van der Waals surface area contributed by atoms with E-state index in [2.05, 4.69) is 29.4 Å². The van der Waals surface area contributed by atoms with Crippen molar-refractivity contribution in [3.05, 3.63) is 76.3 Å². The molecule has 2 aromatic carbocycles. The summed E-state index contributed by atoms with van der Waals surface area (Å²) in [5, 5.41) is 4.75. The van der Waals surface area contributed by atoms with Crippen molar-refractivity contribution in [2.75, 3.05) is 18.4 Å². The molecule has 0 spiro atoms. The smallest absolute Gasteiger partial charge is 0.0519 e. The van der Waals surface area contributed by atoms with Crippen LogP contribution in [0.15, 0.2) is 49.6 Å². The maximum absolute atomic E-state index is 6.69. The van der Waals surface area contributed by atoms with Crippen LogP contribution in [0.4, 0.5) is 5.69 Å². The third kappa shape index (κ3) is 4.40. The quantitative estimate of drug-likeness (QED) is 0.508. The van der Waals surface area contributed by atoms with E-state index in [-0.39, 0.29) is 0 Å². The first kappa shape index (κ1) is 21.3. The number of anilines is 1. The van der Waals surface area contributed by atoms with Crippen LogP contribution in [-0.4, -0.2) is 18.0 Å². The maximum Gasteiger partial charge on any atom is 0.0519 e. The standard InChI is InChI=1S/C26H30Cl2N2/c1-17-7-6-10-24(27)26(17)18(2)29-22-11-12-23(25(28)15-22)19(3)30-14-13-20-8-4-5-9-21(20)16-30/h6-7,10-12,15,20-21,29H,2-5,8-9,13-14,16H2,1H3. The molecule has 1 N–H and O–H groups in total. The lowest BCUT2D eigenvalue weighted by Crippen LogP contribution is -2.40. The third-order valence-electron chi connectivity index (χ3n) is 6.77. The van der Waals surface area contributed by atoms with Gasteiger partial charge in [0.25, 0.3) is 0 Å². The molecule has 158 valence electrons. The first-order chi connectivity index (χ1) is 14.4. The molecule has 1 saturated heterocycles. The molecule has 4 heteroatoms. The Kier molecular flexibility index (Phi) is 6.46. The highest BCUT2D eigenvalue weighted by Gasteiger charge is 2.31. The van der Waals surface area contributed by atoms with Crippen LogP contribution in [0.2, 0.25) is 10.0 Å². The molecule has 1 aliphatic heterocycles. The first-order valence-corrected chi connectivity index (χ1v) is 11.6. The van der Waals surface area contributed by atoms with Gasteiger partial charge in [0.1, 0.15) is 0 Å². The summed E-state index contributed by atoms with van der Waals surface area (Å²) in [6.07, 6.45) is 6.81. The fourth-order valence-electron chi connectivity index (χ4n) is 5.09. The van der Waals surface area contributed by atoms with Crippen LogP contribution in [0, 0.1) is 18.8 Å². The number of halogens is 2. The van der Waals surface area contributed by atoms with Crippen LogP contribution in [0.3, 0.4) is 0 Å². The van der Waals surface area contributed by atoms with Crippen molar-refractivity contribution >= 4 is 40.3 Å². The van der Waals surface area contributed by atoms with Crippen molar-refractivity contribution in [2.45, 2.75) is 39.0 Å². The van der Waals surface area contributed by atoms with Crippen molar-refractivity contribution in [2.24, 2.45) is 11.8 Å². The molecule has 0 amide bonds. The molecule has 0 aromatic heterocycles. The van der Waals surface area contributed by atoms with E-state index in [0.29, 0.717) is 10.0 Å². The zero-order valence-electron chi connectivity index (χ0n) is 17.7. The number of aryl methyl sites for hydroxylation is 1. The molecule has 1 aliphatic carbocycles. The number of hydrogen-bond donors (Lipinski definition) is 1. The number of nitrogens with zero attached hydrogens (tertiary/aromatic N) is 1. The van der Waals surface area contributed by atoms with E-state index in [0.717, 1.165) is 58.7 Å². The van der Waals surface area contributed by atoms with Gasteiger partial charge in [0.05, 0.1) is 10.0 Å². The summed E-state index contributed by atoms with van der Waals surface area (Å²) in [5.41, 5.74) is 5.72. The fourth-order valence-corrected chi connectivity index (χ4v) is 5.72. The van der Waals surface area contributed by atoms with Gasteiger partial charge in [-0.3, -0.25) is 0 Å². The van der Waals surface area contributed by atoms with Crippen molar-refractivity contribution in [3.63, 3.8) is 0 Å². The van der Waals surface area contributed by atoms with Crippen molar-refractivity contribution < 1.29 is 0 Å². The average Bonchev–Trinajstić information content (AvgIpc) is 2.73. The number of hydrogen-bond acceptors (Lipinski definition) is 2. The second-order valence-corrected chi connectivity index (χ2v) is 9.53. The van der Waals surface area contributed by atoms with Crippen molar-refractivity contribution in [1.82, 2.24) is 4.90 Å². The van der Waals surface area contributed by atoms with E-state index in [9.17, 15) is 0 Å². The normalized spacial score (nSPS) is 21.1. The molecule has 0 bridgehead atoms. The van der Waals surface area contributed by atoms with Crippen LogP contribution in [0.25, 0.3) is 11.4 Å². The van der Waals surface area contributed by atoms with E-state index < -0.39 is 0 Å². The predicted octanol–water partition coefficient (Wildman–Crippen LogP) is 7.87. The fraction of sp³-hybridized carbons (Fsp3) is 0.385. The Morgan fingerprint density at radius 3 is 2.50 bits per heavy atom. The van der Waals surface area contributed by atoms with Crippen LogP contribution in [0.1, 0.15) is 48.8 Å². The third-order valence-corrected chi connectivity index (χ3v) is 7.40. The monoisotopic (exact) mass is 440 g/mol. The van der Waals surface area contributed by atoms with Crippen LogP contribution in [0.5, 0.6) is 0 Å². The SMILES string of the molecule is C=C(Nc1ccc(C(=C)N2CCC3CCCCC3C2)c(Cl)c1)c1c(C)cccc1Cl. The molecule has 2 aromatic rings. The maximum atomic E-state index is 6.69. The van der Waals surface area contributed by atoms with Gasteiger partial charge in [-0.1, -0.05) is 67.8 Å². The van der Waals surface area contributed by atoms with Gasteiger partial charge in [0.15, 0.2) is 0 Å². The minimum Gasteiger partial charge on any atom is -0.371 e. The Labute approximate surface area is 190 Å². The van der Waals surface area contributed by atoms with Gasteiger partial charge in [-0.2, -0.15) is 0 Å². The van der Waals surface area contributed by atoms with Gasteiger partial charge in [-0.25, -0.2) is 0 Å². The Balaban J connectivity index is 1.46. The lowest BCUT2D eigenvalue weighted by atomic mass is 9.75. The largest absolute Gasteiger partial charge is 0.371 e. The van der Waals surface area contributed by atoms with Crippen molar-refractivity contribution in [1.29, 1.82) is 0 Å². The van der Waals surface area contributed by atoms with Crippen LogP contribution in [-0.2, 0) is 0 Å². The zero-order valence-corrected chi connectivity index (χ0v) is 19.2. The summed E-state index contributed by atoms with van der Waals surface area (Å²) < 4.78 is 0. The molecule has 1 saturated carbocycles. The summed E-state index contributed by atoms with van der Waals surface area (Å²) in [4.78, 5) is 2.44. The number of rotatable bonds is 5. The first-order valence-electron chi connectivity index (χ1n) is 10.9. The molecule has 30 heavy (non-hydrogen) atoms. The topological polar surface area (TPSA) is 15.3 Å². The Morgan fingerprint density at radius 1 is 1.00 bits per heavy atom. The molecule has 2 atom stereocenters. The minimum absolute atomic E-state index is 0.690. The highest BCUT2D eigenvalue weighted by molar-refractivity contribution is 6.33. The molecular weight excluding hydrogens is 411 g/mol. The van der Waals surface area contributed by atoms with Gasteiger partial charge >= 0.3 is 0 Å². The lowest BCUT2D eigenvalue weighted by Gasteiger charge is -2.43. The molecule has 1 heterocycles. The molecule has 2 aliphatic rings. The van der Waals surface area contributed by atoms with E-state index in [1.807, 2.05) is 37.3 Å². The molecule has 0 radical (unpaired) electrons. The van der Waals surface area contributed by atoms with Crippen LogP contribution < -0.4 is 5.32 Å². The predicted molar refractivity (Wildman–Crippen MR) is 131 cm³/mol. The van der Waals surface area contributed by atoms with Crippen LogP contribution >= 0.6 is 23.2 Å². The number of fused-ring (bicyclic) bond motifs is 1. The highest BCUT2D eigenvalue weighted by atomic mass is 35.5. The summed E-state index contributed by atoms with van der Waals surface area (Å²) in [6.45, 7) is 12.8. The number of nitrogens with one attached hydrogen (secondary N) is 1. The van der Waals surface area contributed by atoms with Gasteiger partial charge in [0, 0.05) is 41.3 Å². The average molecular weight is 441 g/mol. The highest BCUT2D eigenvalue weighted by Crippen LogP contribution is 2.39. The van der Waals surface area contributed by atoms with Gasteiger partial charge in [0.2, 0.25) is 0 Å². The lowest BCUT2D eigenvalue weighted by molar-refractivity contribution is 0.124. The summed E-state index contributed by atoms with van der Waals surface area (Å²) in [7, 11) is 0. The summed E-state index contributed by atoms with van der Waals surface area (Å²) in [5.74, 6) is 1.72. The zero-order chi connectivity index (χ0) is 21.3.